The van der Waals surface area contributed by atoms with E-state index in [-0.39, 0.29) is 10.7 Å². The summed E-state index contributed by atoms with van der Waals surface area (Å²) >= 11 is 1.13. The van der Waals surface area contributed by atoms with Gasteiger partial charge in [-0.05, 0) is 25.1 Å². The molecule has 0 aliphatic heterocycles. The molecule has 21 heavy (non-hydrogen) atoms. The molecule has 0 saturated heterocycles. The van der Waals surface area contributed by atoms with Crippen LogP contribution in [0.15, 0.2) is 36.9 Å². The highest BCUT2D eigenvalue weighted by Gasteiger charge is 2.20. The topological polar surface area (TPSA) is 55.4 Å². The Balaban J connectivity index is 2.10. The number of thiophene rings is 1. The molecule has 1 aromatic heterocycles. The Morgan fingerprint density at radius 1 is 1.52 bits per heavy atom. The van der Waals surface area contributed by atoms with Crippen molar-refractivity contribution in [2.24, 2.45) is 0 Å². The summed E-state index contributed by atoms with van der Waals surface area (Å²) in [5, 5.41) is 2.91. The first kappa shape index (κ1) is 15.2. The van der Waals surface area contributed by atoms with Gasteiger partial charge in [-0.25, -0.2) is 9.18 Å². The quantitative estimate of drug-likeness (QED) is 0.682. The molecule has 110 valence electrons. The average molecular weight is 307 g/mol. The third-order valence-corrected chi connectivity index (χ3v) is 3.86. The standard InChI is InChI=1S/C15H14FNO3S/c1-3-7-17-14(18)9(2)20-15(19)13-8-10-11(16)5-4-6-12(10)21-13/h3-6,8-9H,1,7H2,2H3,(H,17,18)/t9-/m1/s1. The Morgan fingerprint density at radius 2 is 2.29 bits per heavy atom. The van der Waals surface area contributed by atoms with Crippen molar-refractivity contribution in [3.05, 3.63) is 47.6 Å². The van der Waals surface area contributed by atoms with Gasteiger partial charge in [0.1, 0.15) is 10.7 Å². The minimum Gasteiger partial charge on any atom is -0.448 e. The number of carbonyl (C=O) groups excluding carboxylic acids is 2. The van der Waals surface area contributed by atoms with Crippen LogP contribution in [-0.4, -0.2) is 24.5 Å². The predicted molar refractivity (Wildman–Crippen MR) is 79.9 cm³/mol. The maximum absolute atomic E-state index is 13.6. The van der Waals surface area contributed by atoms with Gasteiger partial charge < -0.3 is 10.1 Å². The number of carbonyl (C=O) groups is 2. The van der Waals surface area contributed by atoms with Crippen molar-refractivity contribution in [2.45, 2.75) is 13.0 Å². The molecule has 6 heteroatoms. The molecule has 0 unspecified atom stereocenters. The van der Waals surface area contributed by atoms with Gasteiger partial charge in [0.25, 0.3) is 5.91 Å². The van der Waals surface area contributed by atoms with E-state index in [1.165, 1.54) is 25.1 Å². The summed E-state index contributed by atoms with van der Waals surface area (Å²) in [5.41, 5.74) is 0. The lowest BCUT2D eigenvalue weighted by molar-refractivity contribution is -0.128. The maximum atomic E-state index is 13.6. The second-order valence-corrected chi connectivity index (χ2v) is 5.43. The molecule has 0 aliphatic carbocycles. The van der Waals surface area contributed by atoms with Crippen molar-refractivity contribution in [3.8, 4) is 0 Å². The summed E-state index contributed by atoms with van der Waals surface area (Å²) in [6, 6.07) is 6.07. The number of ether oxygens (including phenoxy) is 1. The van der Waals surface area contributed by atoms with Crippen molar-refractivity contribution in [1.82, 2.24) is 5.32 Å². The number of fused-ring (bicyclic) bond motifs is 1. The summed E-state index contributed by atoms with van der Waals surface area (Å²) in [6.45, 7) is 5.25. The van der Waals surface area contributed by atoms with Gasteiger partial charge in [0.05, 0.1) is 0 Å². The van der Waals surface area contributed by atoms with Crippen LogP contribution < -0.4 is 5.32 Å². The zero-order valence-corrected chi connectivity index (χ0v) is 12.2. The summed E-state index contributed by atoms with van der Waals surface area (Å²) in [5.74, 6) is -1.44. The van der Waals surface area contributed by atoms with Gasteiger partial charge in [0, 0.05) is 16.6 Å². The Hall–Kier alpha value is -2.21. The van der Waals surface area contributed by atoms with Crippen LogP contribution >= 0.6 is 11.3 Å². The van der Waals surface area contributed by atoms with Crippen LogP contribution in [-0.2, 0) is 9.53 Å². The van der Waals surface area contributed by atoms with Crippen molar-refractivity contribution in [3.63, 3.8) is 0 Å². The first-order valence-corrected chi connectivity index (χ1v) is 7.12. The van der Waals surface area contributed by atoms with Gasteiger partial charge in [0.2, 0.25) is 0 Å². The Morgan fingerprint density at radius 3 is 2.95 bits per heavy atom. The Bertz CT molecular complexity index is 695. The number of rotatable bonds is 5. The fourth-order valence-corrected chi connectivity index (χ4v) is 2.67. The van der Waals surface area contributed by atoms with Gasteiger partial charge in [-0.2, -0.15) is 0 Å². The van der Waals surface area contributed by atoms with E-state index in [1.807, 2.05) is 0 Å². The minimum atomic E-state index is -0.924. The third-order valence-electron chi connectivity index (χ3n) is 2.78. The highest BCUT2D eigenvalue weighted by atomic mass is 32.1. The van der Waals surface area contributed by atoms with Crippen LogP contribution in [0.2, 0.25) is 0 Å². The summed E-state index contributed by atoms with van der Waals surface area (Å²) in [6.07, 6.45) is 0.605. The van der Waals surface area contributed by atoms with Crippen LogP contribution in [0.1, 0.15) is 16.6 Å². The predicted octanol–water partition coefficient (Wildman–Crippen LogP) is 2.89. The first-order valence-electron chi connectivity index (χ1n) is 6.30. The fraction of sp³-hybridized carbons (Fsp3) is 0.200. The second kappa shape index (κ2) is 6.49. The van der Waals surface area contributed by atoms with Crippen molar-refractivity contribution in [1.29, 1.82) is 0 Å². The molecule has 4 nitrogen and oxygen atoms in total. The Kier molecular flexibility index (Phi) is 4.70. The molecule has 2 rings (SSSR count). The molecular weight excluding hydrogens is 293 g/mol. The maximum Gasteiger partial charge on any atom is 0.349 e. The smallest absolute Gasteiger partial charge is 0.349 e. The Labute approximate surface area is 125 Å². The lowest BCUT2D eigenvalue weighted by Crippen LogP contribution is -2.35. The van der Waals surface area contributed by atoms with E-state index in [0.717, 1.165) is 11.3 Å². The van der Waals surface area contributed by atoms with Crippen molar-refractivity contribution < 1.29 is 18.7 Å². The van der Waals surface area contributed by atoms with Crippen LogP contribution in [0.25, 0.3) is 10.1 Å². The zero-order chi connectivity index (χ0) is 15.4. The molecular formula is C15H14FNO3S. The number of hydrogen-bond acceptors (Lipinski definition) is 4. The third kappa shape index (κ3) is 3.46. The SMILES string of the molecule is C=CCNC(=O)[C@@H](C)OC(=O)c1cc2c(F)cccc2s1. The second-order valence-electron chi connectivity index (χ2n) is 4.34. The molecule has 0 saturated carbocycles. The monoisotopic (exact) mass is 307 g/mol. The van der Waals surface area contributed by atoms with Gasteiger partial charge >= 0.3 is 5.97 Å². The van der Waals surface area contributed by atoms with E-state index in [0.29, 0.717) is 16.6 Å². The van der Waals surface area contributed by atoms with E-state index in [2.05, 4.69) is 11.9 Å². The number of halogens is 1. The molecule has 0 spiro atoms. The van der Waals surface area contributed by atoms with E-state index in [4.69, 9.17) is 4.74 Å². The summed E-state index contributed by atoms with van der Waals surface area (Å²) in [4.78, 5) is 23.8. The van der Waals surface area contributed by atoms with E-state index >= 15 is 0 Å². The summed E-state index contributed by atoms with van der Waals surface area (Å²) in [7, 11) is 0. The average Bonchev–Trinajstić information content (AvgIpc) is 2.90. The molecule has 1 aromatic carbocycles. The largest absolute Gasteiger partial charge is 0.448 e. The molecule has 0 fully saturated rings. The minimum absolute atomic E-state index is 0.262. The lowest BCUT2D eigenvalue weighted by Gasteiger charge is -2.11. The van der Waals surface area contributed by atoms with E-state index < -0.39 is 18.0 Å². The first-order chi connectivity index (χ1) is 10.0. The molecule has 1 atom stereocenters. The van der Waals surface area contributed by atoms with Gasteiger partial charge in [0.15, 0.2) is 6.10 Å². The van der Waals surface area contributed by atoms with E-state index in [1.54, 1.807) is 12.1 Å². The molecule has 2 aromatic rings. The molecule has 1 amide bonds. The molecule has 0 bridgehead atoms. The molecule has 1 heterocycles. The molecule has 0 aliphatic rings. The van der Waals surface area contributed by atoms with Gasteiger partial charge in [-0.1, -0.05) is 12.1 Å². The number of esters is 1. The van der Waals surface area contributed by atoms with Crippen LogP contribution in [0.4, 0.5) is 4.39 Å². The van der Waals surface area contributed by atoms with Crippen molar-refractivity contribution >= 4 is 33.3 Å². The number of benzene rings is 1. The highest BCUT2D eigenvalue weighted by Crippen LogP contribution is 2.28. The van der Waals surface area contributed by atoms with Gasteiger partial charge in [-0.3, -0.25) is 4.79 Å². The number of amides is 1. The summed E-state index contributed by atoms with van der Waals surface area (Å²) < 4.78 is 19.3. The fourth-order valence-electron chi connectivity index (χ4n) is 1.71. The van der Waals surface area contributed by atoms with Crippen LogP contribution in [0, 0.1) is 5.82 Å². The highest BCUT2D eigenvalue weighted by molar-refractivity contribution is 7.20. The zero-order valence-electron chi connectivity index (χ0n) is 11.4. The molecule has 1 N–H and O–H groups in total. The van der Waals surface area contributed by atoms with Crippen LogP contribution in [0.3, 0.4) is 0 Å². The van der Waals surface area contributed by atoms with Crippen LogP contribution in [0.5, 0.6) is 0 Å². The lowest BCUT2D eigenvalue weighted by atomic mass is 10.2. The van der Waals surface area contributed by atoms with Crippen molar-refractivity contribution in [2.75, 3.05) is 6.54 Å². The molecule has 0 radical (unpaired) electrons. The number of hydrogen-bond donors (Lipinski definition) is 1. The van der Waals surface area contributed by atoms with E-state index in [9.17, 15) is 14.0 Å². The number of nitrogens with one attached hydrogen (secondary N) is 1. The normalized spacial score (nSPS) is 11.9. The van der Waals surface area contributed by atoms with Gasteiger partial charge in [-0.15, -0.1) is 17.9 Å².